The first-order valence-electron chi connectivity index (χ1n) is 8.32. The Morgan fingerprint density at radius 2 is 1.91 bits per heavy atom. The van der Waals surface area contributed by atoms with Crippen LogP contribution in [0, 0.1) is 17.8 Å². The Bertz CT molecular complexity index is 518. The van der Waals surface area contributed by atoms with Crippen molar-refractivity contribution >= 4 is 18.3 Å². The number of aryl methyl sites for hydroxylation is 1. The number of hydrogen-bond acceptors (Lipinski definition) is 3. The third kappa shape index (κ3) is 2.88. The molecule has 2 fully saturated rings. The van der Waals surface area contributed by atoms with Gasteiger partial charge in [0.25, 0.3) is 0 Å². The lowest BCUT2D eigenvalue weighted by atomic mass is 9.87. The summed E-state index contributed by atoms with van der Waals surface area (Å²) in [6.45, 7) is 4.20. The first-order valence-corrected chi connectivity index (χ1v) is 8.32. The van der Waals surface area contributed by atoms with Gasteiger partial charge in [0.2, 0.25) is 5.91 Å². The van der Waals surface area contributed by atoms with Gasteiger partial charge in [-0.3, -0.25) is 9.89 Å². The van der Waals surface area contributed by atoms with Crippen LogP contribution in [0.15, 0.2) is 6.20 Å². The van der Waals surface area contributed by atoms with Crippen LogP contribution in [-0.4, -0.2) is 47.2 Å². The summed E-state index contributed by atoms with van der Waals surface area (Å²) in [6, 6.07) is 0. The summed E-state index contributed by atoms with van der Waals surface area (Å²) in [5, 5.41) is 10.7. The van der Waals surface area contributed by atoms with Crippen LogP contribution in [0.4, 0.5) is 0 Å². The normalized spacial score (nSPS) is 30.9. The van der Waals surface area contributed by atoms with E-state index in [1.54, 1.807) is 0 Å². The van der Waals surface area contributed by atoms with Gasteiger partial charge >= 0.3 is 0 Å². The molecule has 3 aliphatic rings. The molecular weight excluding hydrogens is 300 g/mol. The molecule has 1 aromatic rings. The number of carbonyl (C=O) groups is 1. The standard InChI is InChI=1S/C16H24N4O.ClH/c21-16(11-1-2-14-10-18-19-15(14)7-11)20-5-3-12-8-17-9-13(12)4-6-20;/h10-13,17H,1-9H2,(H,18,19);1H/t11?,12-,13+;. The van der Waals surface area contributed by atoms with E-state index in [1.807, 2.05) is 6.20 Å². The average Bonchev–Trinajstić information content (AvgIpc) is 3.11. The highest BCUT2D eigenvalue weighted by Gasteiger charge is 2.34. The minimum absolute atomic E-state index is 0. The van der Waals surface area contributed by atoms with Crippen molar-refractivity contribution in [3.8, 4) is 0 Å². The number of aromatic amines is 1. The van der Waals surface area contributed by atoms with Crippen LogP contribution in [0.2, 0.25) is 0 Å². The fourth-order valence-electron chi connectivity index (χ4n) is 4.32. The summed E-state index contributed by atoms with van der Waals surface area (Å²) in [5.41, 5.74) is 2.48. The summed E-state index contributed by atoms with van der Waals surface area (Å²) < 4.78 is 0. The molecular formula is C16H25ClN4O. The number of amides is 1. The molecule has 122 valence electrons. The smallest absolute Gasteiger partial charge is 0.226 e. The van der Waals surface area contributed by atoms with Gasteiger partial charge in [0.15, 0.2) is 0 Å². The number of H-pyrrole nitrogens is 1. The van der Waals surface area contributed by atoms with Gasteiger partial charge in [-0.1, -0.05) is 0 Å². The number of halogens is 1. The van der Waals surface area contributed by atoms with E-state index in [-0.39, 0.29) is 18.3 Å². The van der Waals surface area contributed by atoms with E-state index < -0.39 is 0 Å². The maximum atomic E-state index is 12.8. The van der Waals surface area contributed by atoms with Crippen LogP contribution in [-0.2, 0) is 17.6 Å². The summed E-state index contributed by atoms with van der Waals surface area (Å²) in [6.07, 6.45) is 7.08. The third-order valence-corrected chi connectivity index (χ3v) is 5.70. The highest BCUT2D eigenvalue weighted by molar-refractivity contribution is 5.85. The van der Waals surface area contributed by atoms with E-state index in [1.165, 1.54) is 24.1 Å². The molecule has 4 rings (SSSR count). The topological polar surface area (TPSA) is 61.0 Å². The van der Waals surface area contributed by atoms with E-state index in [4.69, 9.17) is 0 Å². The van der Waals surface area contributed by atoms with E-state index in [0.717, 1.165) is 57.3 Å². The van der Waals surface area contributed by atoms with Crippen LogP contribution in [0.5, 0.6) is 0 Å². The zero-order valence-corrected chi connectivity index (χ0v) is 13.7. The van der Waals surface area contributed by atoms with Crippen LogP contribution in [0.1, 0.15) is 30.5 Å². The fourth-order valence-corrected chi connectivity index (χ4v) is 4.32. The third-order valence-electron chi connectivity index (χ3n) is 5.70. The molecule has 2 aliphatic heterocycles. The number of nitrogens with zero attached hydrogens (tertiary/aromatic N) is 2. The molecule has 6 heteroatoms. The monoisotopic (exact) mass is 324 g/mol. The predicted molar refractivity (Wildman–Crippen MR) is 87.0 cm³/mol. The molecule has 3 heterocycles. The maximum Gasteiger partial charge on any atom is 0.226 e. The van der Waals surface area contributed by atoms with Crippen LogP contribution in [0.25, 0.3) is 0 Å². The molecule has 1 amide bonds. The number of carbonyl (C=O) groups excluding carboxylic acids is 1. The van der Waals surface area contributed by atoms with Crippen molar-refractivity contribution < 1.29 is 4.79 Å². The lowest BCUT2D eigenvalue weighted by molar-refractivity contribution is -0.135. The molecule has 3 atom stereocenters. The Morgan fingerprint density at radius 3 is 2.64 bits per heavy atom. The van der Waals surface area contributed by atoms with Gasteiger partial charge in [-0.15, -0.1) is 12.4 Å². The lowest BCUT2D eigenvalue weighted by Crippen LogP contribution is -2.39. The van der Waals surface area contributed by atoms with Crippen molar-refractivity contribution in [1.29, 1.82) is 0 Å². The van der Waals surface area contributed by atoms with E-state index in [0.29, 0.717) is 5.91 Å². The molecule has 1 aromatic heterocycles. The fraction of sp³-hybridized carbons (Fsp3) is 0.750. The molecule has 1 aliphatic carbocycles. The first-order chi connectivity index (χ1) is 10.3. The summed E-state index contributed by atoms with van der Waals surface area (Å²) >= 11 is 0. The molecule has 0 spiro atoms. The van der Waals surface area contributed by atoms with E-state index in [2.05, 4.69) is 20.4 Å². The SMILES string of the molecule is Cl.O=C(C1CCc2cn[nH]c2C1)N1CC[C@@H]2CNC[C@@H]2CC1. The number of aromatic nitrogens is 2. The quantitative estimate of drug-likeness (QED) is 0.821. The molecule has 0 radical (unpaired) electrons. The van der Waals surface area contributed by atoms with Crippen LogP contribution in [0.3, 0.4) is 0 Å². The van der Waals surface area contributed by atoms with Crippen LogP contribution < -0.4 is 5.32 Å². The molecule has 2 saturated heterocycles. The average molecular weight is 325 g/mol. The Labute approximate surface area is 137 Å². The number of fused-ring (bicyclic) bond motifs is 2. The number of rotatable bonds is 1. The Hall–Kier alpha value is -1.07. The van der Waals surface area contributed by atoms with E-state index >= 15 is 0 Å². The predicted octanol–water partition coefficient (Wildman–Crippen LogP) is 1.39. The van der Waals surface area contributed by atoms with Crippen molar-refractivity contribution in [2.24, 2.45) is 17.8 Å². The highest BCUT2D eigenvalue weighted by Crippen LogP contribution is 2.30. The molecule has 22 heavy (non-hydrogen) atoms. The second-order valence-electron chi connectivity index (χ2n) is 6.89. The number of hydrogen-bond donors (Lipinski definition) is 2. The number of likely N-dealkylation sites (tertiary alicyclic amines) is 1. The van der Waals surface area contributed by atoms with Gasteiger partial charge in [-0.25, -0.2) is 0 Å². The largest absolute Gasteiger partial charge is 0.342 e. The lowest BCUT2D eigenvalue weighted by Gasteiger charge is -2.28. The molecule has 0 bridgehead atoms. The van der Waals surface area contributed by atoms with Gasteiger partial charge in [0, 0.05) is 31.1 Å². The minimum atomic E-state index is 0. The molecule has 0 saturated carbocycles. The number of nitrogens with one attached hydrogen (secondary N) is 2. The van der Waals surface area contributed by atoms with Crippen molar-refractivity contribution in [2.45, 2.75) is 32.1 Å². The van der Waals surface area contributed by atoms with Gasteiger partial charge in [0.1, 0.15) is 0 Å². The second-order valence-corrected chi connectivity index (χ2v) is 6.89. The van der Waals surface area contributed by atoms with Crippen molar-refractivity contribution in [1.82, 2.24) is 20.4 Å². The van der Waals surface area contributed by atoms with Gasteiger partial charge in [0.05, 0.1) is 6.20 Å². The Morgan fingerprint density at radius 1 is 1.18 bits per heavy atom. The second kappa shape index (κ2) is 6.59. The van der Waals surface area contributed by atoms with Crippen molar-refractivity contribution in [3.05, 3.63) is 17.5 Å². The molecule has 1 unspecified atom stereocenters. The summed E-state index contributed by atoms with van der Waals surface area (Å²) in [7, 11) is 0. The zero-order valence-electron chi connectivity index (χ0n) is 12.9. The van der Waals surface area contributed by atoms with Crippen LogP contribution >= 0.6 is 12.4 Å². The van der Waals surface area contributed by atoms with Crippen molar-refractivity contribution in [3.63, 3.8) is 0 Å². The molecule has 2 N–H and O–H groups in total. The van der Waals surface area contributed by atoms with Crippen molar-refractivity contribution in [2.75, 3.05) is 26.2 Å². The summed E-state index contributed by atoms with van der Waals surface area (Å²) in [4.78, 5) is 15.0. The highest BCUT2D eigenvalue weighted by atomic mass is 35.5. The Kier molecular flexibility index (Phi) is 4.73. The van der Waals surface area contributed by atoms with Gasteiger partial charge < -0.3 is 10.2 Å². The van der Waals surface area contributed by atoms with Gasteiger partial charge in [-0.05, 0) is 56.2 Å². The van der Waals surface area contributed by atoms with E-state index in [9.17, 15) is 4.79 Å². The van der Waals surface area contributed by atoms with Gasteiger partial charge in [-0.2, -0.15) is 5.10 Å². The molecule has 5 nitrogen and oxygen atoms in total. The first kappa shape index (κ1) is 15.8. The maximum absolute atomic E-state index is 12.8. The molecule has 0 aromatic carbocycles. The Balaban J connectivity index is 0.00000144. The summed E-state index contributed by atoms with van der Waals surface area (Å²) in [5.74, 6) is 2.11. The minimum Gasteiger partial charge on any atom is -0.342 e. The zero-order chi connectivity index (χ0) is 14.2.